The molecule has 0 aliphatic heterocycles. The maximum atomic E-state index is 11.8. The topological polar surface area (TPSA) is 82.2 Å². The lowest BCUT2D eigenvalue weighted by molar-refractivity contribution is -0.116. The number of carbonyl (C=O) groups excluding carboxylic acids is 1. The summed E-state index contributed by atoms with van der Waals surface area (Å²) in [6.07, 6.45) is 1.26. The van der Waals surface area contributed by atoms with E-state index in [4.69, 9.17) is 11.0 Å². The smallest absolute Gasteiger partial charge is 0.224 e. The zero-order valence-corrected chi connectivity index (χ0v) is 12.8. The summed E-state index contributed by atoms with van der Waals surface area (Å²) >= 11 is 0. The minimum absolute atomic E-state index is 0.00385. The molecule has 114 valence electrons. The van der Waals surface area contributed by atoms with E-state index in [1.54, 1.807) is 24.3 Å². The van der Waals surface area contributed by atoms with Gasteiger partial charge in [-0.2, -0.15) is 5.26 Å². The second kappa shape index (κ2) is 8.98. The van der Waals surface area contributed by atoms with Crippen LogP contribution in [0, 0.1) is 17.2 Å². The molecule has 5 heteroatoms. The highest BCUT2D eigenvalue weighted by molar-refractivity contribution is 5.90. The number of nitrogens with zero attached hydrogens (tertiary/aromatic N) is 2. The van der Waals surface area contributed by atoms with Crippen molar-refractivity contribution < 1.29 is 4.79 Å². The van der Waals surface area contributed by atoms with Gasteiger partial charge in [0.05, 0.1) is 12.0 Å². The average molecular weight is 288 g/mol. The lowest BCUT2D eigenvalue weighted by Crippen LogP contribution is -2.29. The highest BCUT2D eigenvalue weighted by Gasteiger charge is 2.09. The Morgan fingerprint density at radius 1 is 1.43 bits per heavy atom. The summed E-state index contributed by atoms with van der Waals surface area (Å²) < 4.78 is 0. The van der Waals surface area contributed by atoms with Crippen molar-refractivity contribution >= 4 is 17.3 Å². The Kier molecular flexibility index (Phi) is 7.27. The quantitative estimate of drug-likeness (QED) is 0.720. The molecule has 0 heterocycles. The predicted octanol–water partition coefficient (Wildman–Crippen LogP) is 2.47. The standard InChI is InChI=1S/C16H24N4O/c1-3-20(12-13(2)11-17)10-4-5-16(21)19-15-8-6-14(18)7-9-15/h6-9,13H,3-5,10,12,18H2,1-2H3,(H,19,21). The van der Waals surface area contributed by atoms with E-state index in [1.165, 1.54) is 0 Å². The van der Waals surface area contributed by atoms with E-state index >= 15 is 0 Å². The molecule has 0 aliphatic carbocycles. The highest BCUT2D eigenvalue weighted by Crippen LogP contribution is 2.11. The van der Waals surface area contributed by atoms with E-state index in [9.17, 15) is 4.79 Å². The van der Waals surface area contributed by atoms with Crippen LogP contribution in [-0.2, 0) is 4.79 Å². The second-order valence-electron chi connectivity index (χ2n) is 5.20. The van der Waals surface area contributed by atoms with Crippen molar-refractivity contribution in [3.63, 3.8) is 0 Å². The molecule has 0 saturated carbocycles. The molecule has 0 radical (unpaired) electrons. The molecule has 1 atom stereocenters. The summed E-state index contributed by atoms with van der Waals surface area (Å²) in [4.78, 5) is 14.0. The average Bonchev–Trinajstić information content (AvgIpc) is 2.48. The van der Waals surface area contributed by atoms with Gasteiger partial charge in [0.2, 0.25) is 5.91 Å². The van der Waals surface area contributed by atoms with E-state index in [0.29, 0.717) is 12.1 Å². The van der Waals surface area contributed by atoms with E-state index in [1.807, 2.05) is 6.92 Å². The van der Waals surface area contributed by atoms with Gasteiger partial charge in [-0.3, -0.25) is 4.79 Å². The van der Waals surface area contributed by atoms with Gasteiger partial charge in [-0.25, -0.2) is 0 Å². The molecule has 0 saturated heterocycles. The van der Waals surface area contributed by atoms with Crippen LogP contribution in [0.2, 0.25) is 0 Å². The van der Waals surface area contributed by atoms with Gasteiger partial charge in [0.1, 0.15) is 0 Å². The summed E-state index contributed by atoms with van der Waals surface area (Å²) in [5.41, 5.74) is 7.04. The minimum Gasteiger partial charge on any atom is -0.399 e. The number of anilines is 2. The van der Waals surface area contributed by atoms with Crippen LogP contribution in [0.1, 0.15) is 26.7 Å². The number of hydrogen-bond donors (Lipinski definition) is 2. The normalized spacial score (nSPS) is 11.9. The number of nitriles is 1. The maximum Gasteiger partial charge on any atom is 0.224 e. The third-order valence-corrected chi connectivity index (χ3v) is 3.27. The van der Waals surface area contributed by atoms with Crippen molar-refractivity contribution in [2.45, 2.75) is 26.7 Å². The molecule has 0 fully saturated rings. The summed E-state index contributed by atoms with van der Waals surface area (Å²) in [6.45, 7) is 6.46. The van der Waals surface area contributed by atoms with Crippen molar-refractivity contribution in [2.24, 2.45) is 5.92 Å². The van der Waals surface area contributed by atoms with Crippen molar-refractivity contribution in [1.82, 2.24) is 4.90 Å². The molecule has 1 amide bonds. The van der Waals surface area contributed by atoms with E-state index < -0.39 is 0 Å². The first-order chi connectivity index (χ1) is 10.0. The number of hydrogen-bond acceptors (Lipinski definition) is 4. The summed E-state index contributed by atoms with van der Waals surface area (Å²) in [7, 11) is 0. The fraction of sp³-hybridized carbons (Fsp3) is 0.500. The van der Waals surface area contributed by atoms with Crippen LogP contribution in [-0.4, -0.2) is 30.4 Å². The number of benzene rings is 1. The number of nitrogens with one attached hydrogen (secondary N) is 1. The van der Waals surface area contributed by atoms with E-state index in [-0.39, 0.29) is 11.8 Å². The van der Waals surface area contributed by atoms with Crippen LogP contribution >= 0.6 is 0 Å². The van der Waals surface area contributed by atoms with Gasteiger partial charge >= 0.3 is 0 Å². The molecule has 21 heavy (non-hydrogen) atoms. The van der Waals surface area contributed by atoms with Gasteiger partial charge in [0, 0.05) is 24.3 Å². The van der Waals surface area contributed by atoms with Crippen LogP contribution in [0.4, 0.5) is 11.4 Å². The van der Waals surface area contributed by atoms with Gasteiger partial charge in [-0.05, 0) is 50.7 Å². The molecule has 0 bridgehead atoms. The van der Waals surface area contributed by atoms with Crippen LogP contribution in [0.3, 0.4) is 0 Å². The predicted molar refractivity (Wildman–Crippen MR) is 85.6 cm³/mol. The fourth-order valence-corrected chi connectivity index (χ4v) is 2.06. The first-order valence-corrected chi connectivity index (χ1v) is 7.32. The number of amides is 1. The van der Waals surface area contributed by atoms with Crippen LogP contribution in [0.15, 0.2) is 24.3 Å². The molecule has 1 unspecified atom stereocenters. The summed E-state index contributed by atoms with van der Waals surface area (Å²) in [6, 6.07) is 9.34. The van der Waals surface area contributed by atoms with Gasteiger partial charge < -0.3 is 16.0 Å². The molecule has 1 aromatic carbocycles. The van der Waals surface area contributed by atoms with Crippen LogP contribution in [0.25, 0.3) is 0 Å². The Bertz CT molecular complexity index is 478. The molecular weight excluding hydrogens is 264 g/mol. The van der Waals surface area contributed by atoms with Gasteiger partial charge in [0.25, 0.3) is 0 Å². The molecule has 0 aromatic heterocycles. The molecular formula is C16H24N4O. The van der Waals surface area contributed by atoms with Crippen molar-refractivity contribution in [2.75, 3.05) is 30.7 Å². The highest BCUT2D eigenvalue weighted by atomic mass is 16.1. The number of nitrogens with two attached hydrogens (primary N) is 1. The lowest BCUT2D eigenvalue weighted by Gasteiger charge is -2.21. The van der Waals surface area contributed by atoms with Gasteiger partial charge in [0.15, 0.2) is 0 Å². The van der Waals surface area contributed by atoms with Crippen molar-refractivity contribution in [1.29, 1.82) is 5.26 Å². The number of carbonyl (C=O) groups is 1. The SMILES string of the molecule is CCN(CCCC(=O)Nc1ccc(N)cc1)CC(C)C#N. The molecule has 0 aliphatic rings. The first kappa shape index (κ1) is 17.0. The third kappa shape index (κ3) is 6.77. The Hall–Kier alpha value is -2.06. The number of rotatable bonds is 8. The van der Waals surface area contributed by atoms with Gasteiger partial charge in [-0.1, -0.05) is 6.92 Å². The fourth-order valence-electron chi connectivity index (χ4n) is 2.06. The Morgan fingerprint density at radius 3 is 2.67 bits per heavy atom. The lowest BCUT2D eigenvalue weighted by atomic mass is 10.2. The number of nitrogen functional groups attached to an aromatic ring is 1. The van der Waals surface area contributed by atoms with Crippen LogP contribution in [0.5, 0.6) is 0 Å². The first-order valence-electron chi connectivity index (χ1n) is 7.32. The molecule has 0 spiro atoms. The molecule has 1 rings (SSSR count). The summed E-state index contributed by atoms with van der Waals surface area (Å²) in [5, 5.41) is 11.7. The molecule has 3 N–H and O–H groups in total. The molecule has 5 nitrogen and oxygen atoms in total. The largest absolute Gasteiger partial charge is 0.399 e. The zero-order chi connectivity index (χ0) is 15.7. The second-order valence-corrected chi connectivity index (χ2v) is 5.20. The Morgan fingerprint density at radius 2 is 2.10 bits per heavy atom. The Labute approximate surface area is 126 Å². The minimum atomic E-state index is 0.00385. The van der Waals surface area contributed by atoms with E-state index in [0.717, 1.165) is 31.7 Å². The van der Waals surface area contributed by atoms with E-state index in [2.05, 4.69) is 23.2 Å². The maximum absolute atomic E-state index is 11.8. The Balaban J connectivity index is 2.29. The van der Waals surface area contributed by atoms with Crippen molar-refractivity contribution in [3.05, 3.63) is 24.3 Å². The monoisotopic (exact) mass is 288 g/mol. The van der Waals surface area contributed by atoms with Crippen molar-refractivity contribution in [3.8, 4) is 6.07 Å². The zero-order valence-electron chi connectivity index (χ0n) is 12.8. The molecule has 1 aromatic rings. The summed E-state index contributed by atoms with van der Waals surface area (Å²) in [5.74, 6) is 0.0257. The van der Waals surface area contributed by atoms with Gasteiger partial charge in [-0.15, -0.1) is 0 Å². The third-order valence-electron chi connectivity index (χ3n) is 3.27. The van der Waals surface area contributed by atoms with Crippen LogP contribution < -0.4 is 11.1 Å².